The minimum atomic E-state index is -0.125. The second-order valence-corrected chi connectivity index (χ2v) is 14.7. The van der Waals surface area contributed by atoms with E-state index in [0.717, 1.165) is 61.4 Å². The van der Waals surface area contributed by atoms with Gasteiger partial charge < -0.3 is 5.11 Å². The fraction of sp³-hybridized carbons (Fsp3) is 0.111. The first-order chi connectivity index (χ1) is 30.1. The van der Waals surface area contributed by atoms with Gasteiger partial charge in [0.1, 0.15) is 0 Å². The molecule has 65 heavy (non-hydrogen) atoms. The zero-order chi connectivity index (χ0) is 43.6. The summed E-state index contributed by atoms with van der Waals surface area (Å²) in [6, 6.07) is 64.8. The fourth-order valence-electron chi connectivity index (χ4n) is 7.32. The van der Waals surface area contributed by atoms with Crippen LogP contribution in [0.15, 0.2) is 176 Å². The topological polar surface area (TPSA) is 90.8 Å². The summed E-state index contributed by atoms with van der Waals surface area (Å²) in [7, 11) is 3.93. The largest absolute Gasteiger partial charge is 0.512 e. The van der Waals surface area contributed by atoms with E-state index in [9.17, 15) is 4.79 Å². The van der Waals surface area contributed by atoms with E-state index in [4.69, 9.17) is 10.2 Å². The number of ketones is 1. The molecule has 11 heteroatoms. The molecule has 0 fully saturated rings. The number of carbonyl (C=O) groups excluding carboxylic acids is 1. The van der Waals surface area contributed by atoms with Crippen LogP contribution in [0.1, 0.15) is 25.0 Å². The van der Waals surface area contributed by atoms with Gasteiger partial charge in [0.05, 0.1) is 28.0 Å². The van der Waals surface area contributed by atoms with E-state index in [1.165, 1.54) is 41.8 Å². The van der Waals surface area contributed by atoms with Crippen molar-refractivity contribution < 1.29 is 73.1 Å². The number of aromatic nitrogens is 6. The monoisotopic (exact) mass is 1400 g/mol. The first-order valence-corrected chi connectivity index (χ1v) is 20.3. The van der Waals surface area contributed by atoms with Crippen LogP contribution in [-0.2, 0) is 82.1 Å². The van der Waals surface area contributed by atoms with Gasteiger partial charge in [-0.3, -0.25) is 14.2 Å². The third kappa shape index (κ3) is 12.5. The molecular formula is C54H47N6O2Pt3-3. The Balaban J connectivity index is 0.000000198. The average molecular weight is 1400 g/mol. The van der Waals surface area contributed by atoms with E-state index < -0.39 is 0 Å². The van der Waals surface area contributed by atoms with E-state index in [2.05, 4.69) is 120 Å². The Morgan fingerprint density at radius 1 is 0.492 bits per heavy atom. The number of rotatable bonds is 5. The van der Waals surface area contributed by atoms with Crippen molar-refractivity contribution in [3.8, 4) is 39.5 Å². The summed E-state index contributed by atoms with van der Waals surface area (Å²) < 4.78 is 5.88. The molecule has 10 rings (SSSR count). The van der Waals surface area contributed by atoms with Gasteiger partial charge in [-0.05, 0) is 73.2 Å². The summed E-state index contributed by atoms with van der Waals surface area (Å²) >= 11 is 0. The van der Waals surface area contributed by atoms with Gasteiger partial charge >= 0.3 is 0 Å². The third-order valence-electron chi connectivity index (χ3n) is 10.1. The molecule has 0 bridgehead atoms. The van der Waals surface area contributed by atoms with Crippen LogP contribution < -0.4 is 0 Å². The molecule has 0 spiro atoms. The number of aliphatic hydroxyl groups is 1. The van der Waals surface area contributed by atoms with Gasteiger partial charge in [0.25, 0.3) is 0 Å². The molecule has 0 saturated carbocycles. The van der Waals surface area contributed by atoms with Gasteiger partial charge in [0.15, 0.2) is 5.78 Å². The number of aryl methyl sites for hydroxylation is 4. The Labute approximate surface area is 423 Å². The molecule has 0 radical (unpaired) electrons. The second-order valence-electron chi connectivity index (χ2n) is 14.7. The summed E-state index contributed by atoms with van der Waals surface area (Å²) in [5.74, 6) is -0.0625. The second kappa shape index (κ2) is 24.5. The Kier molecular flexibility index (Phi) is 19.5. The molecule has 0 saturated heterocycles. The SMILES string of the molecule is CC(=O)C=C(C)O.Cc1cccc(C)c1-n1nc(-c2[c-]cccc2)c2ccccc21.Cn1nc(-c2[c-]cccc2)c2ccccc21.Cn1nc(-c2[c-]cccc2)c2ccccc21.[Pt].[Pt].[Pt]. The van der Waals surface area contributed by atoms with Crippen molar-refractivity contribution >= 4 is 38.5 Å². The summed E-state index contributed by atoms with van der Waals surface area (Å²) in [5.41, 5.74) is 13.1. The molecule has 0 aliphatic rings. The maximum absolute atomic E-state index is 10.0. The molecule has 0 aliphatic carbocycles. The van der Waals surface area contributed by atoms with E-state index in [1.54, 1.807) is 0 Å². The summed E-state index contributed by atoms with van der Waals surface area (Å²) in [5, 5.41) is 25.9. The fourth-order valence-corrected chi connectivity index (χ4v) is 7.32. The van der Waals surface area contributed by atoms with Crippen LogP contribution in [0.5, 0.6) is 0 Å². The molecule has 3 heterocycles. The minimum absolute atomic E-state index is 0. The minimum Gasteiger partial charge on any atom is -0.512 e. The van der Waals surface area contributed by atoms with Crippen LogP contribution in [0.25, 0.3) is 72.2 Å². The third-order valence-corrected chi connectivity index (χ3v) is 10.1. The molecule has 338 valence electrons. The maximum atomic E-state index is 10.0. The Morgan fingerprint density at radius 3 is 1.20 bits per heavy atom. The molecular weight excluding hydrogens is 1350 g/mol. The Bertz CT molecular complexity index is 2980. The van der Waals surface area contributed by atoms with Gasteiger partial charge in [0.2, 0.25) is 0 Å². The summed E-state index contributed by atoms with van der Waals surface area (Å²) in [6.45, 7) is 7.11. The number of para-hydroxylation sites is 4. The zero-order valence-electron chi connectivity index (χ0n) is 36.7. The Hall–Kier alpha value is -5.78. The number of benzene rings is 7. The van der Waals surface area contributed by atoms with Crippen molar-refractivity contribution in [1.29, 1.82) is 0 Å². The summed E-state index contributed by atoms with van der Waals surface area (Å²) in [6.07, 6.45) is 1.17. The predicted octanol–water partition coefficient (Wildman–Crippen LogP) is 12.2. The summed E-state index contributed by atoms with van der Waals surface area (Å²) in [4.78, 5) is 10.0. The first-order valence-electron chi connectivity index (χ1n) is 20.3. The van der Waals surface area contributed by atoms with E-state index in [0.29, 0.717) is 0 Å². The smallest absolute Gasteiger partial charge is 0.155 e. The van der Waals surface area contributed by atoms with Crippen LogP contribution in [0.4, 0.5) is 0 Å². The number of allylic oxidation sites excluding steroid dienone is 2. The molecule has 7 aromatic carbocycles. The van der Waals surface area contributed by atoms with Crippen molar-refractivity contribution in [3.63, 3.8) is 0 Å². The van der Waals surface area contributed by atoms with Crippen molar-refractivity contribution in [1.82, 2.24) is 29.3 Å². The number of carbonyl (C=O) groups is 1. The Morgan fingerprint density at radius 2 is 0.846 bits per heavy atom. The van der Waals surface area contributed by atoms with Crippen LogP contribution >= 0.6 is 0 Å². The quantitative estimate of drug-likeness (QED) is 0.105. The number of aliphatic hydroxyl groups excluding tert-OH is 1. The van der Waals surface area contributed by atoms with Gasteiger partial charge in [-0.15, -0.1) is 108 Å². The van der Waals surface area contributed by atoms with Crippen molar-refractivity contribution in [2.75, 3.05) is 0 Å². The van der Waals surface area contributed by atoms with E-state index >= 15 is 0 Å². The molecule has 0 unspecified atom stereocenters. The van der Waals surface area contributed by atoms with Crippen molar-refractivity contribution in [3.05, 3.63) is 205 Å². The van der Waals surface area contributed by atoms with Gasteiger partial charge in [0, 0.05) is 100 Å². The number of hydrogen-bond donors (Lipinski definition) is 1. The van der Waals surface area contributed by atoms with E-state index in [1.807, 2.05) is 114 Å². The van der Waals surface area contributed by atoms with Crippen molar-refractivity contribution in [2.45, 2.75) is 27.7 Å². The molecule has 8 nitrogen and oxygen atoms in total. The van der Waals surface area contributed by atoms with Crippen LogP contribution in [0.3, 0.4) is 0 Å². The van der Waals surface area contributed by atoms with Gasteiger partial charge in [-0.1, -0.05) is 72.8 Å². The van der Waals surface area contributed by atoms with Crippen LogP contribution in [0.2, 0.25) is 0 Å². The standard InChI is InChI=1S/C21H17N2.2C14H11N2.C5H8O2.3Pt/c1-15-9-8-10-16(2)21(15)23-19-14-7-6-13-18(19)20(22-23)17-11-4-3-5-12-17;2*1-16-13-10-6-5-9-12(13)14(15-16)11-7-3-2-4-8-11;1-4(6)3-5(2)7;;;/h3-11,13-14H,1-2H3;2*2-7,9-10H,1H3;3,6H,1-2H3;;;/q3*-1;;;;. The molecule has 0 atom stereocenters. The number of hydrogen-bond acceptors (Lipinski definition) is 5. The zero-order valence-corrected chi connectivity index (χ0v) is 43.5. The van der Waals surface area contributed by atoms with Gasteiger partial charge in [-0.2, -0.15) is 0 Å². The normalized spacial score (nSPS) is 10.5. The molecule has 10 aromatic rings. The van der Waals surface area contributed by atoms with Crippen LogP contribution in [-0.4, -0.2) is 40.2 Å². The molecule has 0 amide bonds. The van der Waals surface area contributed by atoms with E-state index in [-0.39, 0.29) is 74.7 Å². The van der Waals surface area contributed by atoms with Gasteiger partial charge in [-0.25, -0.2) is 20.0 Å². The number of nitrogens with zero attached hydrogens (tertiary/aromatic N) is 6. The molecule has 0 aliphatic heterocycles. The number of fused-ring (bicyclic) bond motifs is 3. The van der Waals surface area contributed by atoms with Crippen molar-refractivity contribution in [2.24, 2.45) is 14.1 Å². The maximum Gasteiger partial charge on any atom is 0.155 e. The molecule has 1 N–H and O–H groups in total. The molecule has 3 aromatic heterocycles. The predicted molar refractivity (Wildman–Crippen MR) is 252 cm³/mol. The van der Waals surface area contributed by atoms with Crippen LogP contribution in [0, 0.1) is 32.0 Å². The first kappa shape index (κ1) is 51.9. The average Bonchev–Trinajstić information content (AvgIpc) is 3.96.